The molecule has 1 aliphatic carbocycles. The maximum Gasteiger partial charge on any atom is 0.141 e. The van der Waals surface area contributed by atoms with E-state index in [1.165, 1.54) is 0 Å². The summed E-state index contributed by atoms with van der Waals surface area (Å²) in [4.78, 5) is 21.6. The zero-order valence-corrected chi connectivity index (χ0v) is 7.72. The Bertz CT molecular complexity index is 234. The predicted molar refractivity (Wildman–Crippen MR) is 42.4 cm³/mol. The van der Waals surface area contributed by atoms with E-state index in [0.717, 1.165) is 6.42 Å². The van der Waals surface area contributed by atoms with Crippen LogP contribution in [0, 0.1) is 5.41 Å². The highest BCUT2D eigenvalue weighted by molar-refractivity contribution is 5.86. The number of ketones is 1. The normalized spacial score (nSPS) is 44.9. The van der Waals surface area contributed by atoms with Crippen molar-refractivity contribution in [1.82, 2.24) is 0 Å². The SMILES string of the molecule is CC1(C)C(=O)CC[C@]2(C)OO[C@@H]12. The quantitative estimate of drug-likeness (QED) is 0.516. The number of hydrogen-bond acceptors (Lipinski definition) is 3. The van der Waals surface area contributed by atoms with Gasteiger partial charge in [0.05, 0.1) is 5.41 Å². The van der Waals surface area contributed by atoms with Crippen molar-refractivity contribution < 1.29 is 14.6 Å². The van der Waals surface area contributed by atoms with Crippen LogP contribution in [0.4, 0.5) is 0 Å². The number of carbonyl (C=O) groups excluding carboxylic acids is 1. The summed E-state index contributed by atoms with van der Waals surface area (Å²) in [5, 5.41) is 0. The largest absolute Gasteiger partial charge is 0.299 e. The smallest absolute Gasteiger partial charge is 0.141 e. The Hall–Kier alpha value is -0.410. The standard InChI is InChI=1S/C9H14O3/c1-8(2)6(10)4-5-9(3)7(8)11-12-9/h7H,4-5H2,1-3H3/t7-,9-/m0/s1. The summed E-state index contributed by atoms with van der Waals surface area (Å²) in [7, 11) is 0. The molecule has 2 fully saturated rings. The van der Waals surface area contributed by atoms with E-state index < -0.39 is 0 Å². The molecule has 2 atom stereocenters. The van der Waals surface area contributed by atoms with Gasteiger partial charge in [-0.2, -0.15) is 0 Å². The van der Waals surface area contributed by atoms with Crippen LogP contribution >= 0.6 is 0 Å². The lowest BCUT2D eigenvalue weighted by atomic mass is 9.66. The third kappa shape index (κ3) is 0.808. The van der Waals surface area contributed by atoms with Gasteiger partial charge in [-0.15, -0.1) is 0 Å². The number of carbonyl (C=O) groups is 1. The molecule has 68 valence electrons. The molecule has 1 saturated carbocycles. The molecule has 0 unspecified atom stereocenters. The Labute approximate surface area is 72.0 Å². The van der Waals surface area contributed by atoms with Crippen LogP contribution in [0.3, 0.4) is 0 Å². The van der Waals surface area contributed by atoms with Crippen LogP contribution < -0.4 is 0 Å². The minimum atomic E-state index is -0.370. The zero-order chi connectivity index (χ0) is 8.98. The third-order valence-electron chi connectivity index (χ3n) is 3.11. The van der Waals surface area contributed by atoms with Gasteiger partial charge in [0.1, 0.15) is 17.5 Å². The van der Waals surface area contributed by atoms with Crippen molar-refractivity contribution in [2.45, 2.75) is 45.3 Å². The second kappa shape index (κ2) is 2.09. The molecule has 2 rings (SSSR count). The maximum atomic E-state index is 11.5. The molecular weight excluding hydrogens is 156 g/mol. The van der Waals surface area contributed by atoms with Gasteiger partial charge in [0.15, 0.2) is 0 Å². The van der Waals surface area contributed by atoms with Crippen molar-refractivity contribution in [1.29, 1.82) is 0 Å². The fraction of sp³-hybridized carbons (Fsp3) is 0.889. The first-order chi connectivity index (χ1) is 5.47. The average Bonchev–Trinajstić information content (AvgIpc) is 1.94. The summed E-state index contributed by atoms with van der Waals surface area (Å²) in [6, 6.07) is 0. The highest BCUT2D eigenvalue weighted by Gasteiger charge is 2.60. The first-order valence-electron chi connectivity index (χ1n) is 4.35. The van der Waals surface area contributed by atoms with E-state index in [4.69, 9.17) is 9.78 Å². The first-order valence-corrected chi connectivity index (χ1v) is 4.35. The van der Waals surface area contributed by atoms with E-state index in [2.05, 4.69) is 0 Å². The fourth-order valence-electron chi connectivity index (χ4n) is 2.15. The molecule has 0 amide bonds. The van der Waals surface area contributed by atoms with Crippen LogP contribution in [0.2, 0.25) is 0 Å². The van der Waals surface area contributed by atoms with E-state index in [1.54, 1.807) is 0 Å². The van der Waals surface area contributed by atoms with Gasteiger partial charge in [-0.3, -0.25) is 4.79 Å². The molecule has 0 N–H and O–H groups in total. The topological polar surface area (TPSA) is 35.5 Å². The Morgan fingerprint density at radius 3 is 2.50 bits per heavy atom. The highest BCUT2D eigenvalue weighted by atomic mass is 17.3. The second-order valence-corrected chi connectivity index (χ2v) is 4.52. The van der Waals surface area contributed by atoms with E-state index in [1.807, 2.05) is 20.8 Å². The fourth-order valence-corrected chi connectivity index (χ4v) is 2.15. The van der Waals surface area contributed by atoms with Crippen molar-refractivity contribution in [2.24, 2.45) is 5.41 Å². The molecule has 3 nitrogen and oxygen atoms in total. The molecule has 0 aromatic rings. The third-order valence-corrected chi connectivity index (χ3v) is 3.11. The lowest BCUT2D eigenvalue weighted by molar-refractivity contribution is -0.523. The minimum Gasteiger partial charge on any atom is -0.299 e. The lowest BCUT2D eigenvalue weighted by Gasteiger charge is -2.54. The minimum absolute atomic E-state index is 0.0498. The number of Topliss-reactive ketones (excluding diaryl/α,β-unsaturated/α-hetero) is 1. The van der Waals surface area contributed by atoms with E-state index >= 15 is 0 Å². The van der Waals surface area contributed by atoms with Crippen molar-refractivity contribution in [3.05, 3.63) is 0 Å². The number of rotatable bonds is 0. The Morgan fingerprint density at radius 1 is 1.42 bits per heavy atom. The molecule has 1 aliphatic heterocycles. The summed E-state index contributed by atoms with van der Waals surface area (Å²) in [5.41, 5.74) is -0.581. The molecule has 2 aliphatic rings. The van der Waals surface area contributed by atoms with Gasteiger partial charge >= 0.3 is 0 Å². The summed E-state index contributed by atoms with van der Waals surface area (Å²) in [6.07, 6.45) is 1.36. The molecule has 3 heteroatoms. The van der Waals surface area contributed by atoms with Crippen molar-refractivity contribution in [2.75, 3.05) is 0 Å². The molecule has 0 radical (unpaired) electrons. The van der Waals surface area contributed by atoms with Gasteiger partial charge < -0.3 is 0 Å². The maximum absolute atomic E-state index is 11.5. The average molecular weight is 170 g/mol. The lowest BCUT2D eigenvalue weighted by Crippen LogP contribution is -2.65. The number of fused-ring (bicyclic) bond motifs is 1. The first kappa shape index (κ1) is 8.20. The number of hydrogen-bond donors (Lipinski definition) is 0. The van der Waals surface area contributed by atoms with E-state index in [9.17, 15) is 4.79 Å². The molecule has 1 heterocycles. The van der Waals surface area contributed by atoms with Gasteiger partial charge in [-0.1, -0.05) is 13.8 Å². The van der Waals surface area contributed by atoms with Crippen LogP contribution in [0.15, 0.2) is 0 Å². The monoisotopic (exact) mass is 170 g/mol. The molecule has 12 heavy (non-hydrogen) atoms. The Morgan fingerprint density at radius 2 is 2.08 bits per heavy atom. The summed E-state index contributed by atoms with van der Waals surface area (Å²) >= 11 is 0. The van der Waals surface area contributed by atoms with Gasteiger partial charge in [-0.05, 0) is 13.3 Å². The van der Waals surface area contributed by atoms with E-state index in [-0.39, 0.29) is 22.9 Å². The summed E-state index contributed by atoms with van der Waals surface area (Å²) < 4.78 is 0. The van der Waals surface area contributed by atoms with Crippen LogP contribution in [-0.2, 0) is 14.6 Å². The van der Waals surface area contributed by atoms with Crippen molar-refractivity contribution in [3.8, 4) is 0 Å². The molecular formula is C9H14O3. The molecule has 1 saturated heterocycles. The highest BCUT2D eigenvalue weighted by Crippen LogP contribution is 2.48. The Balaban J connectivity index is 2.28. The van der Waals surface area contributed by atoms with Gasteiger partial charge in [-0.25, -0.2) is 9.78 Å². The molecule has 0 spiro atoms. The van der Waals surface area contributed by atoms with E-state index in [0.29, 0.717) is 6.42 Å². The molecule has 0 aromatic heterocycles. The van der Waals surface area contributed by atoms with Crippen LogP contribution in [0.1, 0.15) is 33.6 Å². The summed E-state index contributed by atoms with van der Waals surface area (Å²) in [6.45, 7) is 5.87. The van der Waals surface area contributed by atoms with Gasteiger partial charge in [0, 0.05) is 6.42 Å². The molecule has 0 aromatic carbocycles. The van der Waals surface area contributed by atoms with Gasteiger partial charge in [0.2, 0.25) is 0 Å². The van der Waals surface area contributed by atoms with Crippen LogP contribution in [0.5, 0.6) is 0 Å². The zero-order valence-electron chi connectivity index (χ0n) is 7.72. The molecule has 0 bridgehead atoms. The second-order valence-electron chi connectivity index (χ2n) is 4.52. The van der Waals surface area contributed by atoms with Gasteiger partial charge in [0.25, 0.3) is 0 Å². The van der Waals surface area contributed by atoms with Crippen molar-refractivity contribution in [3.63, 3.8) is 0 Å². The van der Waals surface area contributed by atoms with Crippen LogP contribution in [-0.4, -0.2) is 17.5 Å². The predicted octanol–water partition coefficient (Wildman–Crippen LogP) is 1.46. The Kier molecular flexibility index (Phi) is 1.43. The van der Waals surface area contributed by atoms with Crippen LogP contribution in [0.25, 0.3) is 0 Å². The van der Waals surface area contributed by atoms with Crippen molar-refractivity contribution >= 4 is 5.78 Å². The summed E-state index contributed by atoms with van der Waals surface area (Å²) in [5.74, 6) is 0.285.